The molecule has 0 amide bonds. The molecule has 0 spiro atoms. The number of benzene rings is 3. The van der Waals surface area contributed by atoms with Crippen LogP contribution in [0.4, 0.5) is 0 Å². The molecule has 0 bridgehead atoms. The predicted molar refractivity (Wildman–Crippen MR) is 127 cm³/mol. The van der Waals surface area contributed by atoms with Gasteiger partial charge in [0, 0.05) is 21.5 Å². The van der Waals surface area contributed by atoms with Gasteiger partial charge in [0.25, 0.3) is 0 Å². The third kappa shape index (κ3) is 4.56. The number of ketones is 1. The van der Waals surface area contributed by atoms with Crippen LogP contribution in [-0.4, -0.2) is 22.8 Å². The van der Waals surface area contributed by atoms with Crippen molar-refractivity contribution in [3.8, 4) is 11.3 Å². The van der Waals surface area contributed by atoms with Gasteiger partial charge in [-0.15, -0.1) is 0 Å². The van der Waals surface area contributed by atoms with Crippen LogP contribution in [-0.2, 0) is 4.74 Å². The highest BCUT2D eigenvalue weighted by molar-refractivity contribution is 6.30. The quantitative estimate of drug-likeness (QED) is 0.257. The molecular weight excluding hydrogens is 422 g/mol. The van der Waals surface area contributed by atoms with E-state index in [2.05, 4.69) is 0 Å². The number of esters is 1. The summed E-state index contributed by atoms with van der Waals surface area (Å²) in [7, 11) is 0. The molecule has 0 fully saturated rings. The molecule has 4 nitrogen and oxygen atoms in total. The Hall–Kier alpha value is -3.50. The number of rotatable bonds is 5. The zero-order valence-electron chi connectivity index (χ0n) is 18.1. The van der Waals surface area contributed by atoms with Crippen LogP contribution < -0.4 is 0 Å². The number of carbonyl (C=O) groups is 2. The smallest absolute Gasteiger partial charge is 0.339 e. The Balaban J connectivity index is 1.70. The molecule has 4 rings (SSSR count). The number of carbonyl (C=O) groups excluding carboxylic acids is 2. The maximum absolute atomic E-state index is 13.2. The van der Waals surface area contributed by atoms with E-state index in [9.17, 15) is 9.59 Å². The van der Waals surface area contributed by atoms with E-state index >= 15 is 0 Å². The summed E-state index contributed by atoms with van der Waals surface area (Å²) >= 11 is 6.01. The molecule has 0 radical (unpaired) electrons. The monoisotopic (exact) mass is 443 g/mol. The Bertz CT molecular complexity index is 1310. The minimum Gasteiger partial charge on any atom is -0.451 e. The van der Waals surface area contributed by atoms with Crippen molar-refractivity contribution < 1.29 is 14.3 Å². The fraction of sp³-hybridized carbons (Fsp3) is 0.148. The lowest BCUT2D eigenvalue weighted by Crippen LogP contribution is -2.24. The fourth-order valence-electron chi connectivity index (χ4n) is 3.51. The summed E-state index contributed by atoms with van der Waals surface area (Å²) in [5.41, 5.74) is 5.06. The van der Waals surface area contributed by atoms with Crippen molar-refractivity contribution in [2.24, 2.45) is 0 Å². The zero-order valence-corrected chi connectivity index (χ0v) is 18.8. The lowest BCUT2D eigenvalue weighted by Gasteiger charge is -2.15. The van der Waals surface area contributed by atoms with E-state index in [0.717, 1.165) is 16.7 Å². The molecular formula is C27H22ClNO3. The second-order valence-electron chi connectivity index (χ2n) is 7.86. The van der Waals surface area contributed by atoms with Gasteiger partial charge in [0.1, 0.15) is 0 Å². The summed E-state index contributed by atoms with van der Waals surface area (Å²) in [6, 6.07) is 21.9. The second kappa shape index (κ2) is 8.93. The first kappa shape index (κ1) is 21.7. The van der Waals surface area contributed by atoms with Crippen LogP contribution in [0.15, 0.2) is 72.8 Å². The molecule has 1 aromatic heterocycles. The number of hydrogen-bond donors (Lipinski definition) is 0. The van der Waals surface area contributed by atoms with Gasteiger partial charge in [-0.3, -0.25) is 4.79 Å². The van der Waals surface area contributed by atoms with Crippen LogP contribution in [0.5, 0.6) is 0 Å². The van der Waals surface area contributed by atoms with Crippen LogP contribution >= 0.6 is 11.6 Å². The number of ether oxygens (including phenoxy) is 1. The second-order valence-corrected chi connectivity index (χ2v) is 8.30. The first-order valence-electron chi connectivity index (χ1n) is 10.3. The first-order valence-corrected chi connectivity index (χ1v) is 10.7. The molecule has 1 heterocycles. The molecule has 0 aliphatic heterocycles. The Labute approximate surface area is 191 Å². The Morgan fingerprint density at radius 2 is 1.53 bits per heavy atom. The summed E-state index contributed by atoms with van der Waals surface area (Å²) in [6.07, 6.45) is -0.919. The fourth-order valence-corrected chi connectivity index (χ4v) is 3.63. The Morgan fingerprint density at radius 1 is 0.875 bits per heavy atom. The van der Waals surface area contributed by atoms with Crippen molar-refractivity contribution in [3.05, 3.63) is 100 Å². The van der Waals surface area contributed by atoms with E-state index in [1.54, 1.807) is 37.3 Å². The van der Waals surface area contributed by atoms with Gasteiger partial charge in [0.2, 0.25) is 5.78 Å². The van der Waals surface area contributed by atoms with Gasteiger partial charge in [0.15, 0.2) is 6.10 Å². The van der Waals surface area contributed by atoms with Crippen molar-refractivity contribution >= 4 is 34.3 Å². The average Bonchev–Trinajstić information content (AvgIpc) is 2.78. The van der Waals surface area contributed by atoms with E-state index in [4.69, 9.17) is 21.3 Å². The minimum atomic E-state index is -0.919. The first-order chi connectivity index (χ1) is 15.3. The van der Waals surface area contributed by atoms with Gasteiger partial charge in [0.05, 0.1) is 16.8 Å². The summed E-state index contributed by atoms with van der Waals surface area (Å²) in [4.78, 5) is 30.7. The van der Waals surface area contributed by atoms with Crippen molar-refractivity contribution in [2.45, 2.75) is 26.9 Å². The van der Waals surface area contributed by atoms with Crippen LogP contribution in [0, 0.1) is 13.8 Å². The summed E-state index contributed by atoms with van der Waals surface area (Å²) in [5.74, 6) is -0.808. The van der Waals surface area contributed by atoms with E-state index in [-0.39, 0.29) is 5.78 Å². The van der Waals surface area contributed by atoms with Gasteiger partial charge < -0.3 is 4.74 Å². The Kier molecular flexibility index (Phi) is 6.06. The van der Waals surface area contributed by atoms with Crippen LogP contribution in [0.25, 0.3) is 22.2 Å². The van der Waals surface area contributed by atoms with E-state index in [1.807, 2.05) is 56.3 Å². The van der Waals surface area contributed by atoms with Gasteiger partial charge in [-0.05, 0) is 51.1 Å². The summed E-state index contributed by atoms with van der Waals surface area (Å²) in [5, 5.41) is 1.30. The molecule has 4 aromatic rings. The Morgan fingerprint density at radius 3 is 2.22 bits per heavy atom. The molecule has 0 N–H and O–H groups in total. The van der Waals surface area contributed by atoms with Gasteiger partial charge in [-0.1, -0.05) is 65.2 Å². The van der Waals surface area contributed by atoms with Gasteiger partial charge in [-0.25, -0.2) is 9.78 Å². The van der Waals surface area contributed by atoms with Crippen molar-refractivity contribution in [3.63, 3.8) is 0 Å². The number of aryl methyl sites for hydroxylation is 2. The van der Waals surface area contributed by atoms with Gasteiger partial charge >= 0.3 is 5.97 Å². The summed E-state index contributed by atoms with van der Waals surface area (Å²) < 4.78 is 5.60. The van der Waals surface area contributed by atoms with Crippen LogP contribution in [0.1, 0.15) is 38.8 Å². The normalized spacial score (nSPS) is 11.9. The SMILES string of the molecule is Cc1ccc(C(=O)C(C)OC(=O)c2cc(-c3ccc(Cl)cc3)nc3ccc(C)cc23)cc1. The molecule has 0 aliphatic rings. The molecule has 160 valence electrons. The highest BCUT2D eigenvalue weighted by Crippen LogP contribution is 2.27. The average molecular weight is 444 g/mol. The number of nitrogens with zero attached hydrogens (tertiary/aromatic N) is 1. The van der Waals surface area contributed by atoms with Crippen LogP contribution in [0.3, 0.4) is 0 Å². The molecule has 1 unspecified atom stereocenters. The number of fused-ring (bicyclic) bond motifs is 1. The molecule has 0 saturated heterocycles. The largest absolute Gasteiger partial charge is 0.451 e. The number of Topliss-reactive ketones (excluding diaryl/α,β-unsaturated/α-hetero) is 1. The lowest BCUT2D eigenvalue weighted by atomic mass is 10.0. The topological polar surface area (TPSA) is 56.3 Å². The molecule has 3 aromatic carbocycles. The summed E-state index contributed by atoms with van der Waals surface area (Å²) in [6.45, 7) is 5.49. The number of pyridine rings is 1. The molecule has 0 saturated carbocycles. The zero-order chi connectivity index (χ0) is 22.8. The number of halogens is 1. The third-order valence-corrected chi connectivity index (χ3v) is 5.57. The molecule has 32 heavy (non-hydrogen) atoms. The maximum atomic E-state index is 13.2. The molecule has 0 aliphatic carbocycles. The number of hydrogen-bond acceptors (Lipinski definition) is 4. The standard InChI is InChI=1S/C27H22ClNO3/c1-16-4-7-20(8-5-16)26(30)18(3)32-27(31)23-15-25(19-9-11-21(28)12-10-19)29-24-13-6-17(2)14-22(23)24/h4-15,18H,1-3H3. The molecule has 5 heteroatoms. The highest BCUT2D eigenvalue weighted by atomic mass is 35.5. The predicted octanol–water partition coefficient (Wildman–Crippen LogP) is 6.60. The highest BCUT2D eigenvalue weighted by Gasteiger charge is 2.23. The van der Waals surface area contributed by atoms with Crippen LogP contribution in [0.2, 0.25) is 5.02 Å². The van der Waals surface area contributed by atoms with Crippen molar-refractivity contribution in [2.75, 3.05) is 0 Å². The number of aromatic nitrogens is 1. The van der Waals surface area contributed by atoms with E-state index < -0.39 is 12.1 Å². The van der Waals surface area contributed by atoms with Crippen molar-refractivity contribution in [1.82, 2.24) is 4.98 Å². The van der Waals surface area contributed by atoms with E-state index in [1.165, 1.54) is 0 Å². The van der Waals surface area contributed by atoms with Gasteiger partial charge in [-0.2, -0.15) is 0 Å². The minimum absolute atomic E-state index is 0.245. The van der Waals surface area contributed by atoms with E-state index in [0.29, 0.717) is 32.7 Å². The van der Waals surface area contributed by atoms with Crippen molar-refractivity contribution in [1.29, 1.82) is 0 Å². The molecule has 1 atom stereocenters. The third-order valence-electron chi connectivity index (χ3n) is 5.31. The maximum Gasteiger partial charge on any atom is 0.339 e. The lowest BCUT2D eigenvalue weighted by molar-refractivity contribution is 0.0320.